The van der Waals surface area contributed by atoms with Gasteiger partial charge in [0.25, 0.3) is 5.56 Å². The fourth-order valence-corrected chi connectivity index (χ4v) is 3.72. The Hall–Kier alpha value is -2.54. The second-order valence-corrected chi connectivity index (χ2v) is 6.81. The Kier molecular flexibility index (Phi) is 6.01. The molecule has 1 atom stereocenters. The van der Waals surface area contributed by atoms with Crippen LogP contribution in [0.15, 0.2) is 29.2 Å². The first-order valence-corrected chi connectivity index (χ1v) is 9.10. The molecule has 1 aliphatic rings. The van der Waals surface area contributed by atoms with Crippen LogP contribution in [0.3, 0.4) is 0 Å². The van der Waals surface area contributed by atoms with E-state index in [0.717, 1.165) is 19.4 Å². The number of carbonyl (C=O) groups is 1. The molecular weight excluding hydrogens is 348 g/mol. The molecule has 146 valence electrons. The average Bonchev–Trinajstić information content (AvgIpc) is 2.69. The van der Waals surface area contributed by atoms with E-state index in [1.54, 1.807) is 45.7 Å². The second kappa shape index (κ2) is 8.43. The van der Waals surface area contributed by atoms with E-state index in [4.69, 9.17) is 14.2 Å². The summed E-state index contributed by atoms with van der Waals surface area (Å²) in [7, 11) is 4.77. The van der Waals surface area contributed by atoms with Crippen LogP contribution in [-0.2, 0) is 16.1 Å². The monoisotopic (exact) mass is 374 g/mol. The highest BCUT2D eigenvalue weighted by Gasteiger charge is 2.24. The predicted molar refractivity (Wildman–Crippen MR) is 102 cm³/mol. The Morgan fingerprint density at radius 3 is 2.67 bits per heavy atom. The fraction of sp³-hybridized carbons (Fsp3) is 0.500. The quantitative estimate of drug-likeness (QED) is 0.772. The number of fused-ring (bicyclic) bond motifs is 1. The molecule has 0 unspecified atom stereocenters. The molecule has 0 bridgehead atoms. The van der Waals surface area contributed by atoms with Crippen molar-refractivity contribution in [3.8, 4) is 11.5 Å². The van der Waals surface area contributed by atoms with Crippen LogP contribution >= 0.6 is 0 Å². The smallest absolute Gasteiger partial charge is 0.259 e. The number of pyridine rings is 1. The summed E-state index contributed by atoms with van der Waals surface area (Å²) in [5.41, 5.74) is -0.216. The minimum atomic E-state index is -0.216. The second-order valence-electron chi connectivity index (χ2n) is 6.81. The van der Waals surface area contributed by atoms with Crippen LogP contribution in [0, 0.1) is 5.92 Å². The van der Waals surface area contributed by atoms with Crippen molar-refractivity contribution in [1.82, 2.24) is 9.47 Å². The van der Waals surface area contributed by atoms with Gasteiger partial charge in [0.2, 0.25) is 5.91 Å². The van der Waals surface area contributed by atoms with Gasteiger partial charge in [-0.2, -0.15) is 0 Å². The Balaban J connectivity index is 1.84. The molecule has 27 heavy (non-hydrogen) atoms. The van der Waals surface area contributed by atoms with E-state index in [1.807, 2.05) is 4.90 Å². The predicted octanol–water partition coefficient (Wildman–Crippen LogP) is 1.90. The molecule has 7 nitrogen and oxygen atoms in total. The number of hydrogen-bond donors (Lipinski definition) is 0. The van der Waals surface area contributed by atoms with Gasteiger partial charge in [0, 0.05) is 31.8 Å². The number of likely N-dealkylation sites (tertiary alicyclic amines) is 1. The Bertz CT molecular complexity index is 875. The Morgan fingerprint density at radius 2 is 1.96 bits per heavy atom. The van der Waals surface area contributed by atoms with Crippen molar-refractivity contribution >= 4 is 16.7 Å². The molecule has 1 amide bonds. The highest BCUT2D eigenvalue weighted by molar-refractivity contribution is 5.90. The van der Waals surface area contributed by atoms with Crippen molar-refractivity contribution in [3.63, 3.8) is 0 Å². The zero-order valence-corrected chi connectivity index (χ0v) is 16.1. The third kappa shape index (κ3) is 3.93. The van der Waals surface area contributed by atoms with E-state index in [1.165, 1.54) is 4.57 Å². The Morgan fingerprint density at radius 1 is 1.15 bits per heavy atom. The molecule has 1 aromatic heterocycles. The summed E-state index contributed by atoms with van der Waals surface area (Å²) in [5.74, 6) is 1.40. The van der Waals surface area contributed by atoms with Crippen molar-refractivity contribution in [2.75, 3.05) is 41.0 Å². The molecular formula is C20H26N2O5. The summed E-state index contributed by atoms with van der Waals surface area (Å²) >= 11 is 0. The largest absolute Gasteiger partial charge is 0.493 e. The van der Waals surface area contributed by atoms with Crippen molar-refractivity contribution in [2.24, 2.45) is 5.92 Å². The standard InChI is InChI=1S/C20H26N2O5/c1-25-13-14-5-4-9-21(11-14)18(23)12-22-10-8-15-16(20(22)24)6-7-17(26-2)19(15)27-3/h6-8,10,14H,4-5,9,11-13H2,1-3H3/t14-/m1/s1. The number of aromatic nitrogens is 1. The topological polar surface area (TPSA) is 70.0 Å². The van der Waals surface area contributed by atoms with Crippen LogP contribution in [0.5, 0.6) is 11.5 Å². The van der Waals surface area contributed by atoms with Gasteiger partial charge in [-0.25, -0.2) is 0 Å². The lowest BCUT2D eigenvalue weighted by Crippen LogP contribution is -2.43. The lowest BCUT2D eigenvalue weighted by molar-refractivity contribution is -0.134. The zero-order chi connectivity index (χ0) is 19.4. The van der Waals surface area contributed by atoms with Gasteiger partial charge in [-0.05, 0) is 37.0 Å². The first-order valence-electron chi connectivity index (χ1n) is 9.10. The van der Waals surface area contributed by atoms with Gasteiger partial charge in [0.1, 0.15) is 6.54 Å². The van der Waals surface area contributed by atoms with Crippen LogP contribution in [0.2, 0.25) is 0 Å². The summed E-state index contributed by atoms with van der Waals surface area (Å²) < 4.78 is 17.4. The van der Waals surface area contributed by atoms with Crippen LogP contribution in [0.1, 0.15) is 12.8 Å². The minimum absolute atomic E-state index is 0.0306. The maximum Gasteiger partial charge on any atom is 0.259 e. The molecule has 0 radical (unpaired) electrons. The van der Waals surface area contributed by atoms with Crippen molar-refractivity contribution in [2.45, 2.75) is 19.4 Å². The molecule has 1 aliphatic heterocycles. The summed E-state index contributed by atoms with van der Waals surface area (Å²) in [6.07, 6.45) is 3.67. The first kappa shape index (κ1) is 19.2. The van der Waals surface area contributed by atoms with Crippen LogP contribution in [0.4, 0.5) is 0 Å². The summed E-state index contributed by atoms with van der Waals surface area (Å²) in [6.45, 7) is 2.09. The number of amides is 1. The van der Waals surface area contributed by atoms with Crippen molar-refractivity contribution < 1.29 is 19.0 Å². The van der Waals surface area contributed by atoms with E-state index in [0.29, 0.717) is 41.3 Å². The van der Waals surface area contributed by atoms with Crippen LogP contribution < -0.4 is 15.0 Å². The van der Waals surface area contributed by atoms with Gasteiger partial charge in [0.05, 0.1) is 26.2 Å². The van der Waals surface area contributed by atoms with Gasteiger partial charge in [-0.1, -0.05) is 0 Å². The summed E-state index contributed by atoms with van der Waals surface area (Å²) in [5, 5.41) is 1.17. The molecule has 7 heteroatoms. The number of methoxy groups -OCH3 is 3. The zero-order valence-electron chi connectivity index (χ0n) is 16.1. The molecule has 0 saturated carbocycles. The molecule has 3 rings (SSSR count). The van der Waals surface area contributed by atoms with Gasteiger partial charge >= 0.3 is 0 Å². The van der Waals surface area contributed by atoms with E-state index in [2.05, 4.69) is 0 Å². The molecule has 0 N–H and O–H groups in total. The molecule has 0 aliphatic carbocycles. The molecule has 0 spiro atoms. The Labute approximate surface area is 158 Å². The third-order valence-electron chi connectivity index (χ3n) is 5.08. The van der Waals surface area contributed by atoms with Crippen molar-refractivity contribution in [1.29, 1.82) is 0 Å². The number of benzene rings is 1. The van der Waals surface area contributed by atoms with Gasteiger partial charge < -0.3 is 23.7 Å². The van der Waals surface area contributed by atoms with Crippen LogP contribution in [0.25, 0.3) is 10.8 Å². The number of ether oxygens (including phenoxy) is 3. The van der Waals surface area contributed by atoms with E-state index in [9.17, 15) is 9.59 Å². The number of carbonyl (C=O) groups excluding carboxylic acids is 1. The van der Waals surface area contributed by atoms with E-state index >= 15 is 0 Å². The number of nitrogens with zero attached hydrogens (tertiary/aromatic N) is 2. The average molecular weight is 374 g/mol. The van der Waals surface area contributed by atoms with Crippen molar-refractivity contribution in [3.05, 3.63) is 34.7 Å². The lowest BCUT2D eigenvalue weighted by Gasteiger charge is -2.32. The molecule has 1 aromatic carbocycles. The van der Waals surface area contributed by atoms with E-state index < -0.39 is 0 Å². The SMILES string of the molecule is COC[C@@H]1CCCN(C(=O)Cn2ccc3c(OC)c(OC)ccc3c2=O)C1. The molecule has 1 fully saturated rings. The molecule has 2 heterocycles. The normalized spacial score (nSPS) is 17.1. The maximum absolute atomic E-state index is 12.9. The highest BCUT2D eigenvalue weighted by Crippen LogP contribution is 2.33. The van der Waals surface area contributed by atoms with Gasteiger partial charge in [-0.3, -0.25) is 9.59 Å². The molecule has 2 aromatic rings. The van der Waals surface area contributed by atoms with Gasteiger partial charge in [0.15, 0.2) is 11.5 Å². The van der Waals surface area contributed by atoms with E-state index in [-0.39, 0.29) is 18.0 Å². The molecule has 1 saturated heterocycles. The highest BCUT2D eigenvalue weighted by atomic mass is 16.5. The summed E-state index contributed by atoms with van der Waals surface area (Å²) in [6, 6.07) is 5.19. The van der Waals surface area contributed by atoms with Gasteiger partial charge in [-0.15, -0.1) is 0 Å². The fourth-order valence-electron chi connectivity index (χ4n) is 3.72. The number of rotatable bonds is 6. The third-order valence-corrected chi connectivity index (χ3v) is 5.08. The first-order chi connectivity index (χ1) is 13.1. The number of hydrogen-bond acceptors (Lipinski definition) is 5. The number of piperidine rings is 1. The van der Waals surface area contributed by atoms with Crippen LogP contribution in [-0.4, -0.2) is 56.4 Å². The lowest BCUT2D eigenvalue weighted by atomic mass is 9.99. The summed E-state index contributed by atoms with van der Waals surface area (Å²) in [4.78, 5) is 27.4. The maximum atomic E-state index is 12.9. The minimum Gasteiger partial charge on any atom is -0.493 e.